The number of rotatable bonds is 10. The van der Waals surface area contributed by atoms with Crippen molar-refractivity contribution in [3.05, 3.63) is 71.8 Å². The van der Waals surface area contributed by atoms with Crippen molar-refractivity contribution in [2.45, 2.75) is 37.8 Å². The lowest BCUT2D eigenvalue weighted by molar-refractivity contribution is -0.143. The number of carbonyl (C=O) groups excluding carboxylic acids is 3. The number of hydrogen-bond acceptors (Lipinski definition) is 6. The molecule has 0 bridgehead atoms. The van der Waals surface area contributed by atoms with Gasteiger partial charge in [0.2, 0.25) is 16.1 Å². The smallest absolute Gasteiger partial charge is 0.326 e. The molecule has 32 heavy (non-hydrogen) atoms. The molecule has 0 aliphatic heterocycles. The van der Waals surface area contributed by atoms with Gasteiger partial charge in [0.15, 0.2) is 0 Å². The molecule has 6 nitrogen and oxygen atoms in total. The van der Waals surface area contributed by atoms with E-state index in [4.69, 9.17) is 0 Å². The van der Waals surface area contributed by atoms with Gasteiger partial charge in [0.1, 0.15) is 6.04 Å². The summed E-state index contributed by atoms with van der Waals surface area (Å²) in [7, 11) is 0. The van der Waals surface area contributed by atoms with E-state index in [2.05, 4.69) is 5.32 Å². The second-order valence-corrected chi connectivity index (χ2v) is 9.94. The number of carboxylic acid groups (broad SMARTS) is 1. The number of hydrogen-bond donors (Lipinski definition) is 2. The Bertz CT molecular complexity index is 882. The zero-order valence-electron chi connectivity index (χ0n) is 18.2. The lowest BCUT2D eigenvalue weighted by atomic mass is 9.98. The summed E-state index contributed by atoms with van der Waals surface area (Å²) in [4.78, 5) is 50.1. The van der Waals surface area contributed by atoms with Gasteiger partial charge >= 0.3 is 5.97 Å². The molecule has 0 heterocycles. The third-order valence-electron chi connectivity index (χ3n) is 5.06. The molecule has 8 heteroatoms. The van der Waals surface area contributed by atoms with Crippen LogP contribution < -0.4 is 5.32 Å². The number of benzene rings is 2. The molecule has 2 N–H and O–H groups in total. The Morgan fingerprint density at radius 3 is 1.66 bits per heavy atom. The van der Waals surface area contributed by atoms with Crippen LogP contribution in [0.25, 0.3) is 0 Å². The van der Waals surface area contributed by atoms with Gasteiger partial charge < -0.3 is 10.4 Å². The van der Waals surface area contributed by atoms with E-state index in [0.29, 0.717) is 17.5 Å². The maximum Gasteiger partial charge on any atom is 0.326 e. The summed E-state index contributed by atoms with van der Waals surface area (Å²) in [5.74, 6) is -2.68. The molecule has 0 spiro atoms. The molecule has 3 atom stereocenters. The maximum absolute atomic E-state index is 12.9. The molecular formula is C24H27NO5S2. The van der Waals surface area contributed by atoms with E-state index >= 15 is 0 Å². The first-order valence-corrected chi connectivity index (χ1v) is 12.1. The van der Waals surface area contributed by atoms with Gasteiger partial charge in [-0.05, 0) is 5.92 Å². The van der Waals surface area contributed by atoms with Crippen molar-refractivity contribution in [1.82, 2.24) is 5.32 Å². The topological polar surface area (TPSA) is 101 Å². The summed E-state index contributed by atoms with van der Waals surface area (Å²) >= 11 is 1.80. The van der Waals surface area contributed by atoms with Gasteiger partial charge in [-0.2, -0.15) is 0 Å². The second kappa shape index (κ2) is 12.5. The lowest BCUT2D eigenvalue weighted by Gasteiger charge is -2.25. The first kappa shape index (κ1) is 25.7. The number of nitrogens with one attached hydrogen (secondary N) is 1. The molecule has 2 aromatic carbocycles. The average molecular weight is 474 g/mol. The van der Waals surface area contributed by atoms with Gasteiger partial charge in [-0.15, -0.1) is 0 Å². The summed E-state index contributed by atoms with van der Waals surface area (Å²) in [6.07, 6.45) is 0.581. The molecule has 1 unspecified atom stereocenters. The maximum atomic E-state index is 12.9. The van der Waals surface area contributed by atoms with E-state index in [-0.39, 0.29) is 16.1 Å². The summed E-state index contributed by atoms with van der Waals surface area (Å²) in [5.41, 5.74) is 0.928. The Morgan fingerprint density at radius 2 is 1.28 bits per heavy atom. The number of thioether (sulfide) groups is 2. The summed E-state index contributed by atoms with van der Waals surface area (Å²) in [6, 6.07) is 16.2. The molecule has 1 amide bonds. The fourth-order valence-electron chi connectivity index (χ4n) is 2.82. The minimum Gasteiger partial charge on any atom is -0.480 e. The molecule has 0 saturated heterocycles. The molecule has 0 aliphatic carbocycles. The first-order chi connectivity index (χ1) is 15.2. The predicted octanol–water partition coefficient (Wildman–Crippen LogP) is 4.71. The van der Waals surface area contributed by atoms with Crippen molar-refractivity contribution in [1.29, 1.82) is 0 Å². The average Bonchev–Trinajstić information content (AvgIpc) is 2.81. The highest BCUT2D eigenvalue weighted by molar-refractivity contribution is 8.30. The molecule has 0 aromatic heterocycles. The lowest BCUT2D eigenvalue weighted by Crippen LogP contribution is -2.48. The highest BCUT2D eigenvalue weighted by Gasteiger charge is 2.34. The predicted molar refractivity (Wildman–Crippen MR) is 129 cm³/mol. The van der Waals surface area contributed by atoms with Crippen LogP contribution in [0.5, 0.6) is 0 Å². The second-order valence-electron chi connectivity index (χ2n) is 7.41. The number of carbonyl (C=O) groups is 4. The van der Waals surface area contributed by atoms with Gasteiger partial charge in [0.05, 0.1) is 10.5 Å². The fraction of sp³-hybridized carbons (Fsp3) is 0.333. The van der Waals surface area contributed by atoms with Crippen LogP contribution >= 0.6 is 23.5 Å². The van der Waals surface area contributed by atoms with E-state index in [9.17, 15) is 24.3 Å². The SMILES string of the molecule is CC[C@H](C)[C@H](NC(=O)C(C)C(SC(=O)c1ccccc1)SC(=O)c1ccccc1)C(=O)O. The van der Waals surface area contributed by atoms with Crippen molar-refractivity contribution >= 4 is 45.6 Å². The number of amides is 1. The third-order valence-corrected chi connectivity index (χ3v) is 7.82. The van der Waals surface area contributed by atoms with Crippen LogP contribution in [0.4, 0.5) is 0 Å². The molecule has 2 aromatic rings. The van der Waals surface area contributed by atoms with Crippen LogP contribution in [0.15, 0.2) is 60.7 Å². The monoisotopic (exact) mass is 473 g/mol. The number of aliphatic carboxylic acids is 1. The van der Waals surface area contributed by atoms with E-state index in [0.717, 1.165) is 23.5 Å². The zero-order chi connectivity index (χ0) is 23.7. The van der Waals surface area contributed by atoms with Crippen molar-refractivity contribution in [3.8, 4) is 0 Å². The van der Waals surface area contributed by atoms with E-state index < -0.39 is 28.4 Å². The Labute approximate surface area is 196 Å². The Morgan fingerprint density at radius 1 is 0.844 bits per heavy atom. The summed E-state index contributed by atoms with van der Waals surface area (Å²) < 4.78 is -0.734. The Hall–Kier alpha value is -2.58. The van der Waals surface area contributed by atoms with Crippen molar-refractivity contribution < 1.29 is 24.3 Å². The van der Waals surface area contributed by atoms with Gasteiger partial charge in [-0.3, -0.25) is 14.4 Å². The van der Waals surface area contributed by atoms with Crippen LogP contribution in [-0.2, 0) is 9.59 Å². The quantitative estimate of drug-likeness (QED) is 0.482. The standard InChI is InChI=1S/C24H27NO5S2/c1-4-15(2)19(21(27)28)25-20(26)16(3)24(31-22(29)17-11-7-5-8-12-17)32-23(30)18-13-9-6-10-14-18/h5-16,19,24H,4H2,1-3H3,(H,25,26)(H,27,28)/t15-,16?,19-/m0/s1. The first-order valence-electron chi connectivity index (χ1n) is 10.3. The highest BCUT2D eigenvalue weighted by atomic mass is 32.2. The molecule has 0 saturated carbocycles. The Kier molecular flexibility index (Phi) is 9.99. The van der Waals surface area contributed by atoms with Crippen LogP contribution in [0.2, 0.25) is 0 Å². The molecule has 2 rings (SSSR count). The molecule has 0 fully saturated rings. The van der Waals surface area contributed by atoms with Crippen LogP contribution in [-0.4, -0.2) is 37.8 Å². The van der Waals surface area contributed by atoms with E-state index in [1.807, 2.05) is 6.92 Å². The summed E-state index contributed by atoms with van der Waals surface area (Å²) in [6.45, 7) is 5.20. The molecule has 170 valence electrons. The van der Waals surface area contributed by atoms with Crippen LogP contribution in [0, 0.1) is 11.8 Å². The van der Waals surface area contributed by atoms with E-state index in [1.54, 1.807) is 74.5 Å². The van der Waals surface area contributed by atoms with Gasteiger partial charge in [0, 0.05) is 11.1 Å². The largest absolute Gasteiger partial charge is 0.480 e. The van der Waals surface area contributed by atoms with Gasteiger partial charge in [0.25, 0.3) is 0 Å². The van der Waals surface area contributed by atoms with E-state index in [1.165, 1.54) is 0 Å². The Balaban J connectivity index is 2.23. The number of carboxylic acids is 1. The molecule has 0 aliphatic rings. The minimum atomic E-state index is -1.11. The minimum absolute atomic E-state index is 0.264. The van der Waals surface area contributed by atoms with Crippen LogP contribution in [0.3, 0.4) is 0 Å². The van der Waals surface area contributed by atoms with Gasteiger partial charge in [-0.1, -0.05) is 111 Å². The fourth-order valence-corrected chi connectivity index (χ4v) is 5.15. The highest BCUT2D eigenvalue weighted by Crippen LogP contribution is 2.35. The molecule has 0 radical (unpaired) electrons. The van der Waals surface area contributed by atoms with Crippen molar-refractivity contribution in [3.63, 3.8) is 0 Å². The normalized spacial score (nSPS) is 13.8. The molecular weight excluding hydrogens is 446 g/mol. The van der Waals surface area contributed by atoms with Crippen molar-refractivity contribution in [2.75, 3.05) is 0 Å². The summed E-state index contributed by atoms with van der Waals surface area (Å²) in [5, 5.41) is 11.6. The van der Waals surface area contributed by atoms with Crippen LogP contribution in [0.1, 0.15) is 47.9 Å². The zero-order valence-corrected chi connectivity index (χ0v) is 19.8. The van der Waals surface area contributed by atoms with Crippen molar-refractivity contribution in [2.24, 2.45) is 11.8 Å². The van der Waals surface area contributed by atoms with Gasteiger partial charge in [-0.25, -0.2) is 4.79 Å². The third kappa shape index (κ3) is 7.24.